The fourth-order valence-corrected chi connectivity index (χ4v) is 5.08. The molecule has 1 amide bonds. The number of nitrogens with one attached hydrogen (secondary N) is 2. The van der Waals surface area contributed by atoms with Gasteiger partial charge >= 0.3 is 0 Å². The Bertz CT molecular complexity index is 1080. The molecule has 5 rings (SSSR count). The van der Waals surface area contributed by atoms with Crippen LogP contribution in [0.25, 0.3) is 0 Å². The van der Waals surface area contributed by atoms with Crippen molar-refractivity contribution in [1.29, 1.82) is 0 Å². The van der Waals surface area contributed by atoms with Crippen LogP contribution in [-0.2, 0) is 6.42 Å². The molecule has 8 nitrogen and oxygen atoms in total. The summed E-state index contributed by atoms with van der Waals surface area (Å²) in [6, 6.07) is 3.97. The SMILES string of the molecule is CCc1ncc(C2CCC(N3CCN(c4ccc(C(=O)NC5CC5)nc4F)CC3)C2)[nH]c1=O. The van der Waals surface area contributed by atoms with Gasteiger partial charge in [0.2, 0.25) is 5.95 Å². The van der Waals surface area contributed by atoms with Gasteiger partial charge in [0.15, 0.2) is 0 Å². The van der Waals surface area contributed by atoms with Crippen LogP contribution in [0.1, 0.15) is 66.8 Å². The standard InChI is InChI=1S/C24H31FN6O2/c1-2-18-23(32)29-20(14-26-18)15-3-6-17(13-15)30-9-11-31(12-10-30)21-8-7-19(28-22(21)25)24(33)27-16-4-5-16/h7-8,14-17H,2-6,9-13H2,1H3,(H,27,33)(H,29,32). The summed E-state index contributed by atoms with van der Waals surface area (Å²) < 4.78 is 14.7. The van der Waals surface area contributed by atoms with Crippen LogP contribution in [0.3, 0.4) is 0 Å². The molecule has 0 aromatic carbocycles. The Morgan fingerprint density at radius 3 is 2.64 bits per heavy atom. The highest BCUT2D eigenvalue weighted by Gasteiger charge is 2.33. The van der Waals surface area contributed by atoms with E-state index in [2.05, 4.69) is 25.2 Å². The van der Waals surface area contributed by atoms with Gasteiger partial charge in [-0.1, -0.05) is 6.92 Å². The third-order valence-electron chi connectivity index (χ3n) is 7.20. The van der Waals surface area contributed by atoms with Crippen molar-refractivity contribution in [1.82, 2.24) is 25.2 Å². The number of amides is 1. The van der Waals surface area contributed by atoms with Crippen molar-refractivity contribution in [3.05, 3.63) is 51.7 Å². The number of hydrogen-bond acceptors (Lipinski definition) is 6. The first-order chi connectivity index (χ1) is 16.0. The molecule has 0 spiro atoms. The van der Waals surface area contributed by atoms with E-state index in [1.807, 2.05) is 18.0 Å². The number of carbonyl (C=O) groups is 1. The summed E-state index contributed by atoms with van der Waals surface area (Å²) >= 11 is 0. The minimum atomic E-state index is -0.584. The monoisotopic (exact) mass is 454 g/mol. The highest BCUT2D eigenvalue weighted by atomic mass is 19.1. The van der Waals surface area contributed by atoms with Gasteiger partial charge in [-0.3, -0.25) is 19.5 Å². The zero-order valence-electron chi connectivity index (χ0n) is 19.0. The van der Waals surface area contributed by atoms with Gasteiger partial charge in [0.05, 0.1) is 5.69 Å². The van der Waals surface area contributed by atoms with Crippen LogP contribution >= 0.6 is 0 Å². The molecule has 0 bridgehead atoms. The number of halogens is 1. The van der Waals surface area contributed by atoms with Gasteiger partial charge in [0.1, 0.15) is 11.4 Å². The molecule has 33 heavy (non-hydrogen) atoms. The average molecular weight is 455 g/mol. The number of pyridine rings is 1. The first kappa shape index (κ1) is 22.0. The summed E-state index contributed by atoms with van der Waals surface area (Å²) in [5.41, 5.74) is 2.05. The number of aryl methyl sites for hydroxylation is 1. The van der Waals surface area contributed by atoms with E-state index in [0.29, 0.717) is 29.8 Å². The van der Waals surface area contributed by atoms with E-state index in [4.69, 9.17) is 0 Å². The Hall–Kier alpha value is -2.81. The number of piperazine rings is 1. The minimum absolute atomic E-state index is 0.0706. The third-order valence-corrected chi connectivity index (χ3v) is 7.20. The average Bonchev–Trinajstić information content (AvgIpc) is 3.50. The van der Waals surface area contributed by atoms with Crippen molar-refractivity contribution in [3.63, 3.8) is 0 Å². The van der Waals surface area contributed by atoms with Crippen LogP contribution in [0.5, 0.6) is 0 Å². The molecule has 2 aliphatic carbocycles. The predicted molar refractivity (Wildman–Crippen MR) is 123 cm³/mol. The number of nitrogens with zero attached hydrogens (tertiary/aromatic N) is 4. The van der Waals surface area contributed by atoms with E-state index in [1.165, 1.54) is 0 Å². The fraction of sp³-hybridized carbons (Fsp3) is 0.583. The molecule has 176 valence electrons. The topological polar surface area (TPSA) is 94.2 Å². The molecule has 9 heteroatoms. The highest BCUT2D eigenvalue weighted by Crippen LogP contribution is 2.36. The van der Waals surface area contributed by atoms with Gasteiger partial charge in [0, 0.05) is 56.1 Å². The van der Waals surface area contributed by atoms with Crippen molar-refractivity contribution in [2.75, 3.05) is 31.1 Å². The second-order valence-electron chi connectivity index (χ2n) is 9.41. The maximum atomic E-state index is 14.7. The number of hydrogen-bond donors (Lipinski definition) is 2. The Labute approximate surface area is 192 Å². The maximum absolute atomic E-state index is 14.7. The van der Waals surface area contributed by atoms with E-state index in [1.54, 1.807) is 12.1 Å². The van der Waals surface area contributed by atoms with E-state index < -0.39 is 5.95 Å². The van der Waals surface area contributed by atoms with Crippen molar-refractivity contribution in [2.45, 2.75) is 63.5 Å². The second kappa shape index (κ2) is 9.21. The van der Waals surface area contributed by atoms with Crippen LogP contribution in [0.2, 0.25) is 0 Å². The smallest absolute Gasteiger partial charge is 0.270 e. The number of aromatic nitrogens is 3. The Morgan fingerprint density at radius 2 is 1.97 bits per heavy atom. The van der Waals surface area contributed by atoms with Gasteiger partial charge in [-0.25, -0.2) is 4.98 Å². The van der Waals surface area contributed by atoms with Gasteiger partial charge in [-0.15, -0.1) is 0 Å². The second-order valence-corrected chi connectivity index (χ2v) is 9.41. The molecule has 0 radical (unpaired) electrons. The predicted octanol–water partition coefficient (Wildman–Crippen LogP) is 2.22. The van der Waals surface area contributed by atoms with Crippen molar-refractivity contribution in [3.8, 4) is 0 Å². The Kier molecular flexibility index (Phi) is 6.14. The molecule has 1 aliphatic heterocycles. The third kappa shape index (κ3) is 4.78. The van der Waals surface area contributed by atoms with Crippen molar-refractivity contribution < 1.29 is 9.18 Å². The highest BCUT2D eigenvalue weighted by molar-refractivity contribution is 5.92. The zero-order chi connectivity index (χ0) is 22.9. The van der Waals surface area contributed by atoms with Gasteiger partial charge < -0.3 is 15.2 Å². The Morgan fingerprint density at radius 1 is 1.18 bits per heavy atom. The zero-order valence-corrected chi connectivity index (χ0v) is 19.0. The Balaban J connectivity index is 1.16. The number of aromatic amines is 1. The van der Waals surface area contributed by atoms with Crippen molar-refractivity contribution in [2.24, 2.45) is 0 Å². The summed E-state index contributed by atoms with van der Waals surface area (Å²) in [7, 11) is 0. The minimum Gasteiger partial charge on any atom is -0.365 e. The fourth-order valence-electron chi connectivity index (χ4n) is 5.08. The molecular formula is C24H31FN6O2. The molecule has 1 saturated heterocycles. The van der Waals surface area contributed by atoms with E-state index in [9.17, 15) is 14.0 Å². The van der Waals surface area contributed by atoms with Crippen molar-refractivity contribution >= 4 is 11.6 Å². The van der Waals surface area contributed by atoms with Crippen LogP contribution in [-0.4, -0.2) is 64.0 Å². The van der Waals surface area contributed by atoms with Gasteiger partial charge in [-0.2, -0.15) is 4.39 Å². The van der Waals surface area contributed by atoms with Crippen LogP contribution in [0.4, 0.5) is 10.1 Å². The molecule has 3 fully saturated rings. The molecule has 2 atom stereocenters. The number of carbonyl (C=O) groups excluding carboxylic acids is 1. The maximum Gasteiger partial charge on any atom is 0.270 e. The van der Waals surface area contributed by atoms with E-state index >= 15 is 0 Å². The molecule has 2 N–H and O–H groups in total. The van der Waals surface area contributed by atoms with E-state index in [-0.39, 0.29) is 23.2 Å². The molecule has 2 saturated carbocycles. The van der Waals surface area contributed by atoms with Crippen LogP contribution in [0, 0.1) is 5.95 Å². The first-order valence-electron chi connectivity index (χ1n) is 12.1. The van der Waals surface area contributed by atoms with Gasteiger partial charge in [0.25, 0.3) is 11.5 Å². The molecular weight excluding hydrogens is 423 g/mol. The summed E-state index contributed by atoms with van der Waals surface area (Å²) in [6.07, 6.45) is 7.56. The lowest BCUT2D eigenvalue weighted by Gasteiger charge is -2.39. The number of anilines is 1. The number of H-pyrrole nitrogens is 1. The summed E-state index contributed by atoms with van der Waals surface area (Å²) in [6.45, 7) is 5.08. The normalized spacial score (nSPS) is 23.6. The summed E-state index contributed by atoms with van der Waals surface area (Å²) in [4.78, 5) is 40.0. The lowest BCUT2D eigenvalue weighted by atomic mass is 10.0. The summed E-state index contributed by atoms with van der Waals surface area (Å²) in [5.74, 6) is -0.556. The quantitative estimate of drug-likeness (QED) is 0.650. The number of rotatable bonds is 6. The summed E-state index contributed by atoms with van der Waals surface area (Å²) in [5, 5.41) is 2.85. The van der Waals surface area contributed by atoms with E-state index in [0.717, 1.165) is 64.0 Å². The molecule has 2 aromatic heterocycles. The molecule has 2 aromatic rings. The van der Waals surface area contributed by atoms with Gasteiger partial charge in [-0.05, 0) is 50.7 Å². The first-order valence-corrected chi connectivity index (χ1v) is 12.1. The lowest BCUT2D eigenvalue weighted by molar-refractivity contribution is 0.0945. The largest absolute Gasteiger partial charge is 0.365 e. The molecule has 2 unspecified atom stereocenters. The van der Waals surface area contributed by atoms with Crippen LogP contribution in [0.15, 0.2) is 23.1 Å². The van der Waals surface area contributed by atoms with Crippen LogP contribution < -0.4 is 15.8 Å². The molecule has 3 aliphatic rings. The molecule has 3 heterocycles. The lowest BCUT2D eigenvalue weighted by Crippen LogP contribution is -2.50.